The van der Waals surface area contributed by atoms with Crippen molar-refractivity contribution in [2.24, 2.45) is 0 Å². The number of carbonyl (C=O) groups excluding carboxylic acids is 1. The first kappa shape index (κ1) is 21.4. The summed E-state index contributed by atoms with van der Waals surface area (Å²) in [7, 11) is 4.05. The van der Waals surface area contributed by atoms with Gasteiger partial charge in [0.1, 0.15) is 11.5 Å². The molecule has 2 aromatic heterocycles. The van der Waals surface area contributed by atoms with Gasteiger partial charge in [0.05, 0.1) is 23.4 Å². The summed E-state index contributed by atoms with van der Waals surface area (Å²) in [6.07, 6.45) is 0. The van der Waals surface area contributed by atoms with E-state index >= 15 is 0 Å². The number of thioether (sulfide) groups is 1. The summed E-state index contributed by atoms with van der Waals surface area (Å²) in [5, 5.41) is 3.99. The molecule has 2 heterocycles. The van der Waals surface area contributed by atoms with Gasteiger partial charge < -0.3 is 14.6 Å². The van der Waals surface area contributed by atoms with Gasteiger partial charge in [-0.1, -0.05) is 11.6 Å². The van der Waals surface area contributed by atoms with Crippen LogP contribution in [0.25, 0.3) is 10.9 Å². The highest BCUT2D eigenvalue weighted by Gasteiger charge is 2.16. The molecule has 3 rings (SSSR count). The van der Waals surface area contributed by atoms with E-state index in [9.17, 15) is 4.79 Å². The van der Waals surface area contributed by atoms with Crippen LogP contribution in [0.1, 0.15) is 38.7 Å². The summed E-state index contributed by atoms with van der Waals surface area (Å²) in [4.78, 5) is 19.6. The van der Waals surface area contributed by atoms with Gasteiger partial charge >= 0.3 is 0 Å². The van der Waals surface area contributed by atoms with E-state index in [2.05, 4.69) is 15.2 Å². The average Bonchev–Trinajstić information content (AvgIpc) is 3.09. The van der Waals surface area contributed by atoms with Gasteiger partial charge in [0, 0.05) is 23.4 Å². The third-order valence-corrected chi connectivity index (χ3v) is 5.80. The van der Waals surface area contributed by atoms with Crippen molar-refractivity contribution in [1.29, 1.82) is 0 Å². The molecule has 3 aromatic rings. The van der Waals surface area contributed by atoms with Crippen LogP contribution in [0.4, 0.5) is 0 Å². The van der Waals surface area contributed by atoms with Crippen molar-refractivity contribution in [3.05, 3.63) is 64.2 Å². The normalized spacial score (nSPS) is 11.4. The highest BCUT2D eigenvalue weighted by Crippen LogP contribution is 2.24. The number of nitrogens with zero attached hydrogens (tertiary/aromatic N) is 2. The fourth-order valence-electron chi connectivity index (χ4n) is 3.28. The zero-order valence-corrected chi connectivity index (χ0v) is 18.7. The van der Waals surface area contributed by atoms with E-state index in [0.29, 0.717) is 6.54 Å². The standard InChI is InChI=1S/C23H29N3O2S/c1-15-6-9-21-20(12-15)22(16(2)17(3)25-21)23(27)24-10-11-29-14-19-8-7-18(28-19)13-26(4)5/h6-9,12H,10-11,13-14H2,1-5H3,(H,24,27). The molecule has 0 fully saturated rings. The number of rotatable bonds is 8. The molecule has 1 aromatic carbocycles. The molecule has 0 radical (unpaired) electrons. The number of amides is 1. The Bertz CT molecular complexity index is 1010. The van der Waals surface area contributed by atoms with Crippen LogP contribution < -0.4 is 5.32 Å². The molecule has 29 heavy (non-hydrogen) atoms. The second-order valence-electron chi connectivity index (χ2n) is 7.63. The van der Waals surface area contributed by atoms with E-state index < -0.39 is 0 Å². The fraction of sp³-hybridized carbons (Fsp3) is 0.391. The molecule has 0 spiro atoms. The van der Waals surface area contributed by atoms with Crippen LogP contribution in [-0.4, -0.2) is 42.2 Å². The number of pyridine rings is 1. The summed E-state index contributed by atoms with van der Waals surface area (Å²) in [6, 6.07) is 10.1. The molecular formula is C23H29N3O2S. The molecule has 154 valence electrons. The van der Waals surface area contributed by atoms with Gasteiger partial charge in [-0.15, -0.1) is 0 Å². The molecule has 0 saturated carbocycles. The van der Waals surface area contributed by atoms with E-state index in [0.717, 1.165) is 62.9 Å². The predicted molar refractivity (Wildman–Crippen MR) is 121 cm³/mol. The van der Waals surface area contributed by atoms with E-state index in [1.807, 2.05) is 65.2 Å². The van der Waals surface area contributed by atoms with Crippen LogP contribution >= 0.6 is 11.8 Å². The monoisotopic (exact) mass is 411 g/mol. The van der Waals surface area contributed by atoms with Gasteiger partial charge in [0.15, 0.2) is 0 Å². The largest absolute Gasteiger partial charge is 0.464 e. The highest BCUT2D eigenvalue weighted by molar-refractivity contribution is 7.98. The van der Waals surface area contributed by atoms with Gasteiger partial charge in [-0.3, -0.25) is 9.78 Å². The number of hydrogen-bond donors (Lipinski definition) is 1. The van der Waals surface area contributed by atoms with Crippen molar-refractivity contribution in [3.8, 4) is 0 Å². The van der Waals surface area contributed by atoms with E-state index in [-0.39, 0.29) is 5.91 Å². The molecule has 0 aliphatic carbocycles. The molecule has 0 aliphatic rings. The van der Waals surface area contributed by atoms with Gasteiger partial charge in [-0.05, 0) is 64.7 Å². The Hall–Kier alpha value is -2.31. The van der Waals surface area contributed by atoms with E-state index in [1.165, 1.54) is 0 Å². The summed E-state index contributed by atoms with van der Waals surface area (Å²) >= 11 is 1.75. The predicted octanol–water partition coefficient (Wildman–Crippen LogP) is 4.48. The molecule has 1 N–H and O–H groups in total. The van der Waals surface area contributed by atoms with Gasteiger partial charge in [0.2, 0.25) is 0 Å². The Morgan fingerprint density at radius 2 is 1.90 bits per heavy atom. The summed E-state index contributed by atoms with van der Waals surface area (Å²) < 4.78 is 5.82. The van der Waals surface area contributed by atoms with Crippen molar-refractivity contribution >= 4 is 28.6 Å². The lowest BCUT2D eigenvalue weighted by molar-refractivity contribution is 0.0957. The Labute approximate surface area is 176 Å². The van der Waals surface area contributed by atoms with Crippen molar-refractivity contribution in [2.75, 3.05) is 26.4 Å². The Balaban J connectivity index is 1.57. The molecule has 5 nitrogen and oxygen atoms in total. The number of aryl methyl sites for hydroxylation is 2. The number of hydrogen-bond acceptors (Lipinski definition) is 5. The minimum atomic E-state index is -0.0320. The maximum absolute atomic E-state index is 12.9. The lowest BCUT2D eigenvalue weighted by Gasteiger charge is -2.13. The third kappa shape index (κ3) is 5.40. The zero-order chi connectivity index (χ0) is 21.0. The Morgan fingerprint density at radius 1 is 1.14 bits per heavy atom. The maximum Gasteiger partial charge on any atom is 0.252 e. The van der Waals surface area contributed by atoms with Crippen LogP contribution in [0.3, 0.4) is 0 Å². The smallest absolute Gasteiger partial charge is 0.252 e. The molecule has 0 unspecified atom stereocenters. The third-order valence-electron chi connectivity index (χ3n) is 4.82. The number of nitrogens with one attached hydrogen (secondary N) is 1. The van der Waals surface area contributed by atoms with Gasteiger partial charge in [-0.2, -0.15) is 11.8 Å². The SMILES string of the molecule is Cc1ccc2nc(C)c(C)c(C(=O)NCCSCc3ccc(CN(C)C)o3)c2c1. The lowest BCUT2D eigenvalue weighted by Crippen LogP contribution is -2.27. The molecule has 0 bridgehead atoms. The minimum Gasteiger partial charge on any atom is -0.464 e. The molecule has 0 atom stereocenters. The summed E-state index contributed by atoms with van der Waals surface area (Å²) in [5.74, 6) is 3.55. The molecule has 1 amide bonds. The first-order valence-electron chi connectivity index (χ1n) is 9.81. The average molecular weight is 412 g/mol. The van der Waals surface area contributed by atoms with Crippen LogP contribution in [0, 0.1) is 20.8 Å². The number of carbonyl (C=O) groups is 1. The molecule has 0 saturated heterocycles. The molecule has 6 heteroatoms. The lowest BCUT2D eigenvalue weighted by atomic mass is 9.99. The minimum absolute atomic E-state index is 0.0320. The van der Waals surface area contributed by atoms with Crippen molar-refractivity contribution in [3.63, 3.8) is 0 Å². The fourth-order valence-corrected chi connectivity index (χ4v) is 4.03. The zero-order valence-electron chi connectivity index (χ0n) is 17.8. The van der Waals surface area contributed by atoms with Crippen LogP contribution in [0.5, 0.6) is 0 Å². The Kier molecular flexibility index (Phi) is 6.98. The van der Waals surface area contributed by atoms with Crippen molar-refractivity contribution in [2.45, 2.75) is 33.1 Å². The molecule has 0 aliphatic heterocycles. The highest BCUT2D eigenvalue weighted by atomic mass is 32.2. The topological polar surface area (TPSA) is 58.4 Å². The number of fused-ring (bicyclic) bond motifs is 1. The quantitative estimate of drug-likeness (QED) is 0.554. The van der Waals surface area contributed by atoms with Crippen LogP contribution in [0.2, 0.25) is 0 Å². The second kappa shape index (κ2) is 9.46. The Morgan fingerprint density at radius 3 is 2.66 bits per heavy atom. The van der Waals surface area contributed by atoms with Crippen molar-refractivity contribution < 1.29 is 9.21 Å². The molecular weight excluding hydrogens is 382 g/mol. The van der Waals surface area contributed by atoms with Crippen molar-refractivity contribution in [1.82, 2.24) is 15.2 Å². The number of furan rings is 1. The van der Waals surface area contributed by atoms with E-state index in [1.54, 1.807) is 11.8 Å². The van der Waals surface area contributed by atoms with Gasteiger partial charge in [-0.25, -0.2) is 0 Å². The summed E-state index contributed by atoms with van der Waals surface area (Å²) in [6.45, 7) is 7.37. The number of aromatic nitrogens is 1. The van der Waals surface area contributed by atoms with Crippen LogP contribution in [0.15, 0.2) is 34.7 Å². The second-order valence-corrected chi connectivity index (χ2v) is 8.74. The summed E-state index contributed by atoms with van der Waals surface area (Å²) in [5.41, 5.74) is 4.56. The van der Waals surface area contributed by atoms with Crippen LogP contribution in [-0.2, 0) is 12.3 Å². The first-order chi connectivity index (χ1) is 13.8. The number of benzene rings is 1. The first-order valence-corrected chi connectivity index (χ1v) is 11.0. The maximum atomic E-state index is 12.9. The van der Waals surface area contributed by atoms with E-state index in [4.69, 9.17) is 4.42 Å². The van der Waals surface area contributed by atoms with Gasteiger partial charge in [0.25, 0.3) is 5.91 Å².